The molecule has 0 spiro atoms. The number of hydrogen-bond donors (Lipinski definition) is 1. The summed E-state index contributed by atoms with van der Waals surface area (Å²) in [6.07, 6.45) is 1.61. The quantitative estimate of drug-likeness (QED) is 0.542. The zero-order valence-electron chi connectivity index (χ0n) is 15.2. The lowest BCUT2D eigenvalue weighted by atomic mass is 9.97. The van der Waals surface area contributed by atoms with E-state index in [9.17, 15) is 9.90 Å². The molecule has 0 bridgehead atoms. The molecule has 28 heavy (non-hydrogen) atoms. The van der Waals surface area contributed by atoms with E-state index in [2.05, 4.69) is 9.97 Å². The predicted octanol–water partition coefficient (Wildman–Crippen LogP) is 4.73. The lowest BCUT2D eigenvalue weighted by Gasteiger charge is -2.11. The lowest BCUT2D eigenvalue weighted by Crippen LogP contribution is -1.97. The summed E-state index contributed by atoms with van der Waals surface area (Å²) in [6.45, 7) is 1.92. The van der Waals surface area contributed by atoms with Gasteiger partial charge in [-0.25, -0.2) is 14.8 Å². The minimum absolute atomic E-state index is 0.157. The van der Waals surface area contributed by atoms with Crippen molar-refractivity contribution < 1.29 is 14.6 Å². The normalized spacial score (nSPS) is 11.0. The van der Waals surface area contributed by atoms with Crippen LogP contribution in [0.15, 0.2) is 54.7 Å². The van der Waals surface area contributed by atoms with Crippen molar-refractivity contribution in [2.45, 2.75) is 6.92 Å². The van der Waals surface area contributed by atoms with Crippen LogP contribution in [-0.2, 0) is 0 Å². The van der Waals surface area contributed by atoms with Crippen LogP contribution < -0.4 is 4.74 Å². The summed E-state index contributed by atoms with van der Waals surface area (Å²) in [5.74, 6) is -0.464. The molecule has 7 heteroatoms. The van der Waals surface area contributed by atoms with Gasteiger partial charge < -0.3 is 9.84 Å². The molecule has 3 heterocycles. The van der Waals surface area contributed by atoms with Gasteiger partial charge >= 0.3 is 5.97 Å². The van der Waals surface area contributed by atoms with E-state index < -0.39 is 5.97 Å². The topological polar surface area (TPSA) is 76.7 Å². The van der Waals surface area contributed by atoms with Crippen molar-refractivity contribution in [1.29, 1.82) is 0 Å². The van der Waals surface area contributed by atoms with E-state index >= 15 is 0 Å². The smallest absolute Gasteiger partial charge is 0.335 e. The highest BCUT2D eigenvalue weighted by Gasteiger charge is 2.18. The summed E-state index contributed by atoms with van der Waals surface area (Å²) in [6, 6.07) is 14.5. The third-order valence-electron chi connectivity index (χ3n) is 4.56. The van der Waals surface area contributed by atoms with E-state index in [0.717, 1.165) is 22.4 Å². The van der Waals surface area contributed by atoms with Gasteiger partial charge in [0, 0.05) is 29.1 Å². The molecule has 1 N–H and O–H groups in total. The molecule has 0 fully saturated rings. The molecule has 140 valence electrons. The van der Waals surface area contributed by atoms with Crippen molar-refractivity contribution in [2.75, 3.05) is 7.11 Å². The summed E-state index contributed by atoms with van der Waals surface area (Å²) in [5.41, 5.74) is 4.73. The highest BCUT2D eigenvalue weighted by Crippen LogP contribution is 2.37. The van der Waals surface area contributed by atoms with E-state index in [1.165, 1.54) is 12.1 Å². The Balaban J connectivity index is 1.92. The maximum atomic E-state index is 11.2. The first kappa shape index (κ1) is 18.0. The van der Waals surface area contributed by atoms with Crippen molar-refractivity contribution in [3.8, 4) is 28.3 Å². The Hall–Kier alpha value is -3.38. The second-order valence-electron chi connectivity index (χ2n) is 6.23. The van der Waals surface area contributed by atoms with Crippen molar-refractivity contribution in [3.63, 3.8) is 0 Å². The van der Waals surface area contributed by atoms with E-state index in [4.69, 9.17) is 16.3 Å². The molecule has 0 saturated carbocycles. The standard InChI is InChI=1S/C21H16ClN3O3/c1-12-14(7-8-18(23-12)28-2)15-5-3-4-6-16(15)19-20(22)25-10-9-13(21(26)27)11-17(25)24-19/h3-11H,1-2H3,(H,26,27). The third-order valence-corrected chi connectivity index (χ3v) is 4.92. The Morgan fingerprint density at radius 1 is 1.07 bits per heavy atom. The number of benzene rings is 1. The number of methoxy groups -OCH3 is 1. The number of rotatable bonds is 4. The molecule has 4 aromatic rings. The Bertz CT molecular complexity index is 1220. The van der Waals surface area contributed by atoms with Crippen molar-refractivity contribution >= 4 is 23.2 Å². The van der Waals surface area contributed by atoms with Crippen LogP contribution in [0.25, 0.3) is 28.0 Å². The van der Waals surface area contributed by atoms with Gasteiger partial charge in [-0.1, -0.05) is 35.9 Å². The van der Waals surface area contributed by atoms with Crippen LogP contribution in [0.5, 0.6) is 5.88 Å². The molecule has 0 saturated heterocycles. The van der Waals surface area contributed by atoms with Gasteiger partial charge in [-0.3, -0.25) is 4.40 Å². The Morgan fingerprint density at radius 2 is 1.82 bits per heavy atom. The van der Waals surface area contributed by atoms with Crippen LogP contribution in [0.2, 0.25) is 5.15 Å². The molecule has 1 aromatic carbocycles. The summed E-state index contributed by atoms with van der Waals surface area (Å²) in [4.78, 5) is 20.3. The van der Waals surface area contributed by atoms with Gasteiger partial charge in [0.1, 0.15) is 16.5 Å². The van der Waals surface area contributed by atoms with Crippen molar-refractivity contribution in [1.82, 2.24) is 14.4 Å². The summed E-state index contributed by atoms with van der Waals surface area (Å²) in [5, 5.41) is 9.63. The fourth-order valence-corrected chi connectivity index (χ4v) is 3.47. The predicted molar refractivity (Wildman–Crippen MR) is 107 cm³/mol. The molecule has 0 aliphatic heterocycles. The van der Waals surface area contributed by atoms with Crippen molar-refractivity contribution in [2.24, 2.45) is 0 Å². The molecule has 0 atom stereocenters. The molecule has 4 rings (SSSR count). The number of carboxylic acids is 1. The molecule has 0 amide bonds. The van der Waals surface area contributed by atoms with E-state index in [-0.39, 0.29) is 5.56 Å². The minimum Gasteiger partial charge on any atom is -0.481 e. The van der Waals surface area contributed by atoms with Crippen molar-refractivity contribution in [3.05, 3.63) is 71.1 Å². The van der Waals surface area contributed by atoms with Crippen LogP contribution in [0.4, 0.5) is 0 Å². The fraction of sp³-hybridized carbons (Fsp3) is 0.0952. The number of pyridine rings is 2. The largest absolute Gasteiger partial charge is 0.481 e. The van der Waals surface area contributed by atoms with Gasteiger partial charge in [0.25, 0.3) is 0 Å². The minimum atomic E-state index is -1.01. The van der Waals surface area contributed by atoms with Gasteiger partial charge in [-0.15, -0.1) is 0 Å². The lowest BCUT2D eigenvalue weighted by molar-refractivity contribution is 0.0697. The summed E-state index contributed by atoms with van der Waals surface area (Å²) < 4.78 is 6.86. The molecule has 0 aliphatic rings. The summed E-state index contributed by atoms with van der Waals surface area (Å²) >= 11 is 6.59. The van der Waals surface area contributed by atoms with E-state index in [0.29, 0.717) is 22.4 Å². The average Bonchev–Trinajstić information content (AvgIpc) is 3.03. The first-order valence-corrected chi connectivity index (χ1v) is 8.89. The zero-order valence-corrected chi connectivity index (χ0v) is 15.9. The Kier molecular flexibility index (Phi) is 4.49. The first-order chi connectivity index (χ1) is 13.5. The molecule has 0 aliphatic carbocycles. The SMILES string of the molecule is COc1ccc(-c2ccccc2-c2nc3cc(C(=O)O)ccn3c2Cl)c(C)n1. The number of ether oxygens (including phenoxy) is 1. The molecule has 3 aromatic heterocycles. The van der Waals surface area contributed by atoms with Gasteiger partial charge in [0.2, 0.25) is 5.88 Å². The fourth-order valence-electron chi connectivity index (χ4n) is 3.18. The second-order valence-corrected chi connectivity index (χ2v) is 6.59. The first-order valence-electron chi connectivity index (χ1n) is 8.52. The van der Waals surface area contributed by atoms with Crippen LogP contribution in [0, 0.1) is 6.92 Å². The molecule has 6 nitrogen and oxygen atoms in total. The van der Waals surface area contributed by atoms with E-state index in [1.807, 2.05) is 43.3 Å². The van der Waals surface area contributed by atoms with Crippen LogP contribution in [0.3, 0.4) is 0 Å². The van der Waals surface area contributed by atoms with Crippen LogP contribution in [0.1, 0.15) is 16.1 Å². The second kappa shape index (κ2) is 6.98. The highest BCUT2D eigenvalue weighted by atomic mass is 35.5. The molecule has 0 radical (unpaired) electrons. The zero-order chi connectivity index (χ0) is 19.8. The molecular formula is C21H16ClN3O3. The number of carboxylic acid groups (broad SMARTS) is 1. The summed E-state index contributed by atoms with van der Waals surface area (Å²) in [7, 11) is 1.58. The van der Waals surface area contributed by atoms with Gasteiger partial charge in [-0.05, 0) is 30.7 Å². The maximum Gasteiger partial charge on any atom is 0.335 e. The highest BCUT2D eigenvalue weighted by molar-refractivity contribution is 6.32. The molecule has 0 unspecified atom stereocenters. The number of imidazole rings is 1. The average molecular weight is 394 g/mol. The Morgan fingerprint density at radius 3 is 2.50 bits per heavy atom. The monoisotopic (exact) mass is 393 g/mol. The molecular weight excluding hydrogens is 378 g/mol. The maximum absolute atomic E-state index is 11.2. The number of aromatic carboxylic acids is 1. The van der Waals surface area contributed by atoms with Crippen LogP contribution in [-0.4, -0.2) is 32.6 Å². The van der Waals surface area contributed by atoms with Gasteiger partial charge in [0.05, 0.1) is 12.7 Å². The Labute approximate surface area is 166 Å². The number of carbonyl (C=O) groups is 1. The number of halogens is 1. The van der Waals surface area contributed by atoms with Crippen LogP contribution >= 0.6 is 11.6 Å². The number of hydrogen-bond acceptors (Lipinski definition) is 4. The number of fused-ring (bicyclic) bond motifs is 1. The van der Waals surface area contributed by atoms with E-state index in [1.54, 1.807) is 17.7 Å². The van der Waals surface area contributed by atoms with Gasteiger partial charge in [-0.2, -0.15) is 0 Å². The number of nitrogens with zero attached hydrogens (tertiary/aromatic N) is 3. The third kappa shape index (κ3) is 2.97. The number of aryl methyl sites for hydroxylation is 1. The number of aromatic nitrogens is 3. The van der Waals surface area contributed by atoms with Gasteiger partial charge in [0.15, 0.2) is 0 Å².